The molecular formula is C13H12ClFIN3O. The molecule has 0 saturated carbocycles. The first-order valence-electron chi connectivity index (χ1n) is 6.25. The average Bonchev–Trinajstić information content (AvgIpc) is 2.94. The van der Waals surface area contributed by atoms with Gasteiger partial charge < -0.3 is 9.88 Å². The highest BCUT2D eigenvalue weighted by molar-refractivity contribution is 14.1. The van der Waals surface area contributed by atoms with E-state index in [9.17, 15) is 9.18 Å². The normalized spacial score (nSPS) is 20.4. The van der Waals surface area contributed by atoms with Gasteiger partial charge >= 0.3 is 0 Å². The van der Waals surface area contributed by atoms with Crippen LogP contribution in [0.3, 0.4) is 0 Å². The van der Waals surface area contributed by atoms with Crippen molar-refractivity contribution in [3.63, 3.8) is 0 Å². The number of carbonyl (C=O) groups is 1. The molecule has 7 heteroatoms. The van der Waals surface area contributed by atoms with Gasteiger partial charge in [0.25, 0.3) is 0 Å². The van der Waals surface area contributed by atoms with Crippen LogP contribution in [0.1, 0.15) is 30.6 Å². The fraction of sp³-hybridized carbons (Fsp3) is 0.385. The lowest BCUT2D eigenvalue weighted by Gasteiger charge is -2.16. The van der Waals surface area contributed by atoms with Gasteiger partial charge in [-0.05, 0) is 35.6 Å². The fourth-order valence-corrected chi connectivity index (χ4v) is 3.15. The molecule has 0 aliphatic carbocycles. The Balaban J connectivity index is 2.23. The zero-order chi connectivity index (χ0) is 14.4. The van der Waals surface area contributed by atoms with E-state index < -0.39 is 0 Å². The third kappa shape index (κ3) is 2.28. The lowest BCUT2D eigenvalue weighted by molar-refractivity contribution is -0.119. The number of nitrogens with zero attached hydrogens (tertiary/aromatic N) is 2. The summed E-state index contributed by atoms with van der Waals surface area (Å²) >= 11 is 8.13. The van der Waals surface area contributed by atoms with Crippen LogP contribution in [0.4, 0.5) is 4.39 Å². The van der Waals surface area contributed by atoms with E-state index in [4.69, 9.17) is 11.6 Å². The zero-order valence-electron chi connectivity index (χ0n) is 10.7. The number of hydrogen-bond acceptors (Lipinski definition) is 2. The van der Waals surface area contributed by atoms with Gasteiger partial charge in [-0.15, -0.1) is 11.6 Å². The predicted molar refractivity (Wildman–Crippen MR) is 83.3 cm³/mol. The number of alkyl halides is 1. The molecular weight excluding hydrogens is 396 g/mol. The first kappa shape index (κ1) is 14.1. The van der Waals surface area contributed by atoms with Gasteiger partial charge in [-0.1, -0.05) is 0 Å². The Hall–Kier alpha value is -0.890. The maximum absolute atomic E-state index is 13.8. The molecule has 2 heterocycles. The summed E-state index contributed by atoms with van der Waals surface area (Å²) in [5, 5.41) is 2.48. The van der Waals surface area contributed by atoms with Crippen LogP contribution in [0.5, 0.6) is 0 Å². The van der Waals surface area contributed by atoms with Crippen LogP contribution in [-0.4, -0.2) is 22.0 Å². The van der Waals surface area contributed by atoms with Crippen LogP contribution in [0.15, 0.2) is 12.1 Å². The predicted octanol–water partition coefficient (Wildman–Crippen LogP) is 3.14. The van der Waals surface area contributed by atoms with E-state index >= 15 is 0 Å². The van der Waals surface area contributed by atoms with Crippen LogP contribution in [0.25, 0.3) is 11.0 Å². The number of rotatable bonds is 2. The van der Waals surface area contributed by atoms with Crippen LogP contribution >= 0.6 is 34.2 Å². The quantitative estimate of drug-likeness (QED) is 0.614. The number of halogens is 3. The van der Waals surface area contributed by atoms with E-state index in [0.29, 0.717) is 33.4 Å². The topological polar surface area (TPSA) is 46.9 Å². The third-order valence-electron chi connectivity index (χ3n) is 3.44. The van der Waals surface area contributed by atoms with Gasteiger partial charge in [0.15, 0.2) is 0 Å². The first-order valence-corrected chi connectivity index (χ1v) is 7.76. The lowest BCUT2D eigenvalue weighted by Crippen LogP contribution is -2.17. The highest BCUT2D eigenvalue weighted by atomic mass is 127. The Kier molecular flexibility index (Phi) is 3.62. The van der Waals surface area contributed by atoms with Gasteiger partial charge in [0.2, 0.25) is 5.91 Å². The molecule has 3 rings (SSSR count). The average molecular weight is 408 g/mol. The summed E-state index contributed by atoms with van der Waals surface area (Å²) in [7, 11) is 0. The molecule has 1 saturated heterocycles. The monoisotopic (exact) mass is 407 g/mol. The Labute approximate surface area is 133 Å². The molecule has 1 N–H and O–H groups in total. The molecule has 0 spiro atoms. The summed E-state index contributed by atoms with van der Waals surface area (Å²) < 4.78 is 16.3. The summed E-state index contributed by atoms with van der Waals surface area (Å²) in [5.41, 5.74) is 1.39. The second kappa shape index (κ2) is 5.14. The maximum Gasteiger partial charge on any atom is 0.222 e. The molecule has 2 aromatic rings. The molecule has 4 nitrogen and oxygen atoms in total. The van der Waals surface area contributed by atoms with Crippen molar-refractivity contribution in [3.05, 3.63) is 27.3 Å². The molecule has 1 aromatic heterocycles. The van der Waals surface area contributed by atoms with E-state index in [0.717, 1.165) is 0 Å². The molecule has 1 aliphatic heterocycles. The second-order valence-corrected chi connectivity index (χ2v) is 6.69. The van der Waals surface area contributed by atoms with Crippen LogP contribution in [-0.2, 0) is 4.79 Å². The molecule has 2 atom stereocenters. The van der Waals surface area contributed by atoms with Crippen molar-refractivity contribution in [2.45, 2.75) is 24.8 Å². The Bertz CT molecular complexity index is 700. The third-order valence-corrected chi connectivity index (χ3v) is 4.46. The van der Waals surface area contributed by atoms with Crippen LogP contribution in [0.2, 0.25) is 0 Å². The van der Waals surface area contributed by atoms with Gasteiger partial charge in [0.05, 0.1) is 26.0 Å². The standard InChI is InChI=1S/C13H12ClFIN3O/c1-6(14)13-18-10-4-9(16)8(15)3-11(10)19(13)7-2-12(20)17-5-7/h3-4,6-7H,2,5H2,1H3,(H,17,20). The van der Waals surface area contributed by atoms with Crippen LogP contribution in [0, 0.1) is 9.39 Å². The van der Waals surface area contributed by atoms with Gasteiger partial charge in [0, 0.05) is 19.0 Å². The number of fused-ring (bicyclic) bond motifs is 1. The molecule has 20 heavy (non-hydrogen) atoms. The molecule has 1 aliphatic rings. The summed E-state index contributed by atoms with van der Waals surface area (Å²) in [6.07, 6.45) is 0.371. The molecule has 0 bridgehead atoms. The van der Waals surface area contributed by atoms with E-state index in [1.165, 1.54) is 6.07 Å². The molecule has 1 amide bonds. The SMILES string of the molecule is CC(Cl)c1nc2cc(I)c(F)cc2n1C1CNC(=O)C1. The van der Waals surface area contributed by atoms with E-state index in [1.54, 1.807) is 6.07 Å². The van der Waals surface area contributed by atoms with Crippen molar-refractivity contribution < 1.29 is 9.18 Å². The number of imidazole rings is 1. The second-order valence-electron chi connectivity index (χ2n) is 4.87. The number of amides is 1. The summed E-state index contributed by atoms with van der Waals surface area (Å²) in [5.74, 6) is 0.380. The maximum atomic E-state index is 13.8. The zero-order valence-corrected chi connectivity index (χ0v) is 13.6. The summed E-state index contributed by atoms with van der Waals surface area (Å²) in [6.45, 7) is 2.35. The molecule has 2 unspecified atom stereocenters. The van der Waals surface area contributed by atoms with Gasteiger partial charge in [0.1, 0.15) is 11.6 Å². The number of carbonyl (C=O) groups excluding carboxylic acids is 1. The Morgan fingerprint density at radius 2 is 2.35 bits per heavy atom. The Morgan fingerprint density at radius 3 is 2.95 bits per heavy atom. The van der Waals surface area contributed by atoms with Crippen molar-refractivity contribution in [1.29, 1.82) is 0 Å². The first-order chi connectivity index (χ1) is 9.47. The van der Waals surface area contributed by atoms with E-state index in [2.05, 4.69) is 10.3 Å². The minimum atomic E-state index is -0.307. The van der Waals surface area contributed by atoms with Crippen molar-refractivity contribution >= 4 is 51.1 Å². The minimum Gasteiger partial charge on any atom is -0.354 e. The van der Waals surface area contributed by atoms with Crippen molar-refractivity contribution in [2.75, 3.05) is 6.54 Å². The number of aromatic nitrogens is 2. The number of hydrogen-bond donors (Lipinski definition) is 1. The molecule has 0 radical (unpaired) electrons. The van der Waals surface area contributed by atoms with Gasteiger partial charge in [-0.25, -0.2) is 9.37 Å². The van der Waals surface area contributed by atoms with E-state index in [-0.39, 0.29) is 23.1 Å². The summed E-state index contributed by atoms with van der Waals surface area (Å²) in [6, 6.07) is 3.10. The van der Waals surface area contributed by atoms with Gasteiger partial charge in [-0.3, -0.25) is 4.79 Å². The fourth-order valence-electron chi connectivity index (χ4n) is 2.55. The van der Waals surface area contributed by atoms with Crippen molar-refractivity contribution in [3.8, 4) is 0 Å². The largest absolute Gasteiger partial charge is 0.354 e. The van der Waals surface area contributed by atoms with Gasteiger partial charge in [-0.2, -0.15) is 0 Å². The smallest absolute Gasteiger partial charge is 0.222 e. The number of nitrogens with one attached hydrogen (secondary N) is 1. The van der Waals surface area contributed by atoms with Crippen LogP contribution < -0.4 is 5.32 Å². The number of benzene rings is 1. The molecule has 1 aromatic carbocycles. The summed E-state index contributed by atoms with van der Waals surface area (Å²) in [4.78, 5) is 15.9. The highest BCUT2D eigenvalue weighted by Crippen LogP contribution is 2.32. The highest BCUT2D eigenvalue weighted by Gasteiger charge is 2.28. The molecule has 1 fully saturated rings. The van der Waals surface area contributed by atoms with E-state index in [1.807, 2.05) is 34.1 Å². The Morgan fingerprint density at radius 1 is 1.60 bits per heavy atom. The minimum absolute atomic E-state index is 0.00370. The molecule has 106 valence electrons. The van der Waals surface area contributed by atoms with Crippen molar-refractivity contribution in [1.82, 2.24) is 14.9 Å². The lowest BCUT2D eigenvalue weighted by atomic mass is 10.2. The van der Waals surface area contributed by atoms with Crippen molar-refractivity contribution in [2.24, 2.45) is 0 Å².